The predicted octanol–water partition coefficient (Wildman–Crippen LogP) is 1.92. The highest BCUT2D eigenvalue weighted by molar-refractivity contribution is 5.69. The number of hydrogen-bond donors (Lipinski definition) is 1. The van der Waals surface area contributed by atoms with E-state index in [0.29, 0.717) is 25.6 Å². The maximum absolute atomic E-state index is 11.8. The summed E-state index contributed by atoms with van der Waals surface area (Å²) in [7, 11) is 0. The van der Waals surface area contributed by atoms with Gasteiger partial charge in [0, 0.05) is 13.1 Å². The molecule has 6 heteroatoms. The molecule has 1 amide bonds. The normalized spacial score (nSPS) is 21.2. The van der Waals surface area contributed by atoms with Gasteiger partial charge in [-0.3, -0.25) is 5.10 Å². The number of hydrogen-bond acceptors (Lipinski definition) is 4. The Bertz CT molecular complexity index is 408. The molecule has 2 heterocycles. The molecular formula is C13H20N4O2. The Morgan fingerprint density at radius 2 is 2.16 bits per heavy atom. The highest BCUT2D eigenvalue weighted by Crippen LogP contribution is 2.26. The lowest BCUT2D eigenvalue weighted by Crippen LogP contribution is -2.49. The first-order valence-corrected chi connectivity index (χ1v) is 7.10. The van der Waals surface area contributed by atoms with E-state index in [0.717, 1.165) is 5.82 Å². The fourth-order valence-electron chi connectivity index (χ4n) is 2.85. The molecule has 19 heavy (non-hydrogen) atoms. The van der Waals surface area contributed by atoms with Crippen molar-refractivity contribution in [3.8, 4) is 0 Å². The van der Waals surface area contributed by atoms with Crippen molar-refractivity contribution in [1.82, 2.24) is 20.1 Å². The topological polar surface area (TPSA) is 71.1 Å². The second kappa shape index (κ2) is 5.59. The van der Waals surface area contributed by atoms with Gasteiger partial charge in [-0.1, -0.05) is 19.3 Å². The number of aromatic amines is 1. The molecule has 0 atom stereocenters. The molecule has 1 aromatic rings. The van der Waals surface area contributed by atoms with Crippen molar-refractivity contribution in [2.24, 2.45) is 5.92 Å². The van der Waals surface area contributed by atoms with E-state index in [-0.39, 0.29) is 12.0 Å². The van der Waals surface area contributed by atoms with Gasteiger partial charge >= 0.3 is 6.09 Å². The smallest absolute Gasteiger partial charge is 0.409 e. The second-order valence-corrected chi connectivity index (χ2v) is 5.55. The molecule has 6 nitrogen and oxygen atoms in total. The summed E-state index contributed by atoms with van der Waals surface area (Å²) in [5.41, 5.74) is 0. The van der Waals surface area contributed by atoms with Gasteiger partial charge < -0.3 is 9.64 Å². The monoisotopic (exact) mass is 264 g/mol. The molecule has 0 bridgehead atoms. The van der Waals surface area contributed by atoms with E-state index in [1.54, 1.807) is 4.90 Å². The Labute approximate surface area is 112 Å². The number of amides is 1. The highest BCUT2D eigenvalue weighted by Gasteiger charge is 2.34. The van der Waals surface area contributed by atoms with Crippen molar-refractivity contribution in [2.75, 3.05) is 19.7 Å². The lowest BCUT2D eigenvalue weighted by Gasteiger charge is -2.37. The van der Waals surface area contributed by atoms with E-state index in [1.165, 1.54) is 38.4 Å². The van der Waals surface area contributed by atoms with Crippen LogP contribution in [-0.2, 0) is 4.74 Å². The van der Waals surface area contributed by atoms with Crippen LogP contribution in [0.25, 0.3) is 0 Å². The van der Waals surface area contributed by atoms with Crippen LogP contribution >= 0.6 is 0 Å². The summed E-state index contributed by atoms with van der Waals surface area (Å²) >= 11 is 0. The Kier molecular flexibility index (Phi) is 3.66. The first-order chi connectivity index (χ1) is 9.33. The summed E-state index contributed by atoms with van der Waals surface area (Å²) in [6, 6.07) is 0. The predicted molar refractivity (Wildman–Crippen MR) is 68.6 cm³/mol. The quantitative estimate of drug-likeness (QED) is 0.905. The Morgan fingerprint density at radius 3 is 2.84 bits per heavy atom. The molecule has 3 rings (SSSR count). The van der Waals surface area contributed by atoms with Crippen LogP contribution in [0.4, 0.5) is 4.79 Å². The number of rotatable bonds is 3. The van der Waals surface area contributed by atoms with Gasteiger partial charge in [-0.05, 0) is 18.8 Å². The Balaban J connectivity index is 1.38. The molecule has 1 N–H and O–H groups in total. The molecule has 104 valence electrons. The summed E-state index contributed by atoms with van der Waals surface area (Å²) in [4.78, 5) is 17.7. The molecule has 1 saturated carbocycles. The molecule has 1 aliphatic carbocycles. The van der Waals surface area contributed by atoms with Crippen molar-refractivity contribution < 1.29 is 9.53 Å². The largest absolute Gasteiger partial charge is 0.449 e. The first kappa shape index (κ1) is 12.4. The molecule has 0 spiro atoms. The van der Waals surface area contributed by atoms with Crippen LogP contribution in [0, 0.1) is 5.92 Å². The lowest BCUT2D eigenvalue weighted by atomic mass is 9.90. The van der Waals surface area contributed by atoms with Crippen molar-refractivity contribution >= 4 is 6.09 Å². The van der Waals surface area contributed by atoms with Gasteiger partial charge in [0.15, 0.2) is 0 Å². The van der Waals surface area contributed by atoms with Crippen LogP contribution in [-0.4, -0.2) is 45.9 Å². The lowest BCUT2D eigenvalue weighted by molar-refractivity contribution is 0.0543. The van der Waals surface area contributed by atoms with Gasteiger partial charge in [-0.2, -0.15) is 5.10 Å². The van der Waals surface area contributed by atoms with Gasteiger partial charge in [-0.25, -0.2) is 9.78 Å². The van der Waals surface area contributed by atoms with E-state index >= 15 is 0 Å². The molecule has 2 fully saturated rings. The van der Waals surface area contributed by atoms with Crippen LogP contribution in [0.1, 0.15) is 43.8 Å². The van der Waals surface area contributed by atoms with Crippen LogP contribution in [0.2, 0.25) is 0 Å². The van der Waals surface area contributed by atoms with Crippen LogP contribution in [0.3, 0.4) is 0 Å². The van der Waals surface area contributed by atoms with E-state index < -0.39 is 0 Å². The number of nitrogens with zero attached hydrogens (tertiary/aromatic N) is 3. The highest BCUT2D eigenvalue weighted by atomic mass is 16.6. The Morgan fingerprint density at radius 1 is 1.37 bits per heavy atom. The SMILES string of the molecule is O=C(OCC1CCCCC1)N1CC(c2ncn[nH]2)C1. The summed E-state index contributed by atoms with van der Waals surface area (Å²) in [6.45, 7) is 1.94. The van der Waals surface area contributed by atoms with Gasteiger partial charge in [0.1, 0.15) is 12.2 Å². The molecule has 1 aromatic heterocycles. The number of nitrogens with one attached hydrogen (secondary N) is 1. The van der Waals surface area contributed by atoms with E-state index in [4.69, 9.17) is 4.74 Å². The van der Waals surface area contributed by atoms with Crippen LogP contribution in [0.5, 0.6) is 0 Å². The number of likely N-dealkylation sites (tertiary alicyclic amines) is 1. The summed E-state index contributed by atoms with van der Waals surface area (Å²) in [5, 5.41) is 6.66. The van der Waals surface area contributed by atoms with Crippen molar-refractivity contribution in [3.05, 3.63) is 12.2 Å². The third-order valence-corrected chi connectivity index (χ3v) is 4.13. The minimum atomic E-state index is -0.179. The Hall–Kier alpha value is -1.59. The van der Waals surface area contributed by atoms with E-state index in [9.17, 15) is 4.79 Å². The van der Waals surface area contributed by atoms with Gasteiger partial charge in [0.25, 0.3) is 0 Å². The maximum Gasteiger partial charge on any atom is 0.409 e. The number of carbonyl (C=O) groups excluding carboxylic acids is 1. The molecule has 1 saturated heterocycles. The average Bonchev–Trinajstić information content (AvgIpc) is 2.90. The molecule has 1 aliphatic heterocycles. The standard InChI is InChI=1S/C13H20N4O2/c18-13(19-8-10-4-2-1-3-5-10)17-6-11(7-17)12-14-9-15-16-12/h9-11H,1-8H2,(H,14,15,16). The summed E-state index contributed by atoms with van der Waals surface area (Å²) in [5.74, 6) is 1.71. The molecule has 0 radical (unpaired) electrons. The zero-order chi connectivity index (χ0) is 13.1. The van der Waals surface area contributed by atoms with Crippen LogP contribution in [0.15, 0.2) is 6.33 Å². The number of carbonyl (C=O) groups is 1. The molecular weight excluding hydrogens is 244 g/mol. The minimum Gasteiger partial charge on any atom is -0.449 e. The molecule has 0 aromatic carbocycles. The summed E-state index contributed by atoms with van der Waals surface area (Å²) < 4.78 is 5.39. The number of H-pyrrole nitrogens is 1. The number of aromatic nitrogens is 3. The summed E-state index contributed by atoms with van der Waals surface area (Å²) in [6.07, 6.45) is 7.61. The van der Waals surface area contributed by atoms with Crippen molar-refractivity contribution in [3.63, 3.8) is 0 Å². The third kappa shape index (κ3) is 2.88. The fourth-order valence-corrected chi connectivity index (χ4v) is 2.85. The molecule has 0 unspecified atom stereocenters. The number of ether oxygens (including phenoxy) is 1. The van der Waals surface area contributed by atoms with Gasteiger partial charge in [0.2, 0.25) is 0 Å². The van der Waals surface area contributed by atoms with Gasteiger partial charge in [-0.15, -0.1) is 0 Å². The minimum absolute atomic E-state index is 0.179. The molecule has 2 aliphatic rings. The van der Waals surface area contributed by atoms with Crippen molar-refractivity contribution in [1.29, 1.82) is 0 Å². The van der Waals surface area contributed by atoms with Crippen LogP contribution < -0.4 is 0 Å². The maximum atomic E-state index is 11.8. The zero-order valence-corrected chi connectivity index (χ0v) is 11.0. The fraction of sp³-hybridized carbons (Fsp3) is 0.769. The van der Waals surface area contributed by atoms with E-state index in [1.807, 2.05) is 0 Å². The third-order valence-electron chi connectivity index (χ3n) is 4.13. The van der Waals surface area contributed by atoms with E-state index in [2.05, 4.69) is 15.2 Å². The first-order valence-electron chi connectivity index (χ1n) is 7.10. The van der Waals surface area contributed by atoms with Gasteiger partial charge in [0.05, 0.1) is 12.5 Å². The average molecular weight is 264 g/mol. The zero-order valence-electron chi connectivity index (χ0n) is 11.0. The second-order valence-electron chi connectivity index (χ2n) is 5.55. The van der Waals surface area contributed by atoms with Crippen molar-refractivity contribution in [2.45, 2.75) is 38.0 Å².